The number of fused-ring (bicyclic) bond motifs is 1. The van der Waals surface area contributed by atoms with E-state index in [2.05, 4.69) is 19.9 Å². The van der Waals surface area contributed by atoms with Gasteiger partial charge in [0.1, 0.15) is 11.3 Å². The molecule has 4 rings (SSSR count). The normalized spacial score (nSPS) is 14.8. The fraction of sp³-hybridized carbons (Fsp3) is 0.312. The van der Waals surface area contributed by atoms with Crippen molar-refractivity contribution in [3.05, 3.63) is 18.3 Å². The van der Waals surface area contributed by atoms with Gasteiger partial charge in [0.05, 0.1) is 26.5 Å². The highest BCUT2D eigenvalue weighted by molar-refractivity contribution is 5.77. The number of hydrogen-bond donors (Lipinski definition) is 3. The van der Waals surface area contributed by atoms with Crippen LogP contribution in [-0.4, -0.2) is 63.6 Å². The Kier molecular flexibility index (Phi) is 3.77. The number of aromatic nitrogens is 4. The molecule has 25 heavy (non-hydrogen) atoms. The molecule has 130 valence electrons. The second-order valence-electron chi connectivity index (χ2n) is 5.64. The van der Waals surface area contributed by atoms with Crippen LogP contribution in [0.1, 0.15) is 0 Å². The van der Waals surface area contributed by atoms with E-state index in [1.807, 2.05) is 4.90 Å². The van der Waals surface area contributed by atoms with E-state index in [4.69, 9.17) is 9.47 Å². The average molecular weight is 343 g/mol. The number of benzene rings is 1. The monoisotopic (exact) mass is 343 g/mol. The first kappa shape index (κ1) is 15.5. The molecule has 0 unspecified atom stereocenters. The van der Waals surface area contributed by atoms with Crippen molar-refractivity contribution in [1.29, 1.82) is 0 Å². The summed E-state index contributed by atoms with van der Waals surface area (Å²) in [5, 5.41) is 19.6. The van der Waals surface area contributed by atoms with E-state index in [-0.39, 0.29) is 17.2 Å². The minimum absolute atomic E-state index is 0.163. The van der Waals surface area contributed by atoms with Gasteiger partial charge < -0.3 is 29.6 Å². The van der Waals surface area contributed by atoms with Crippen molar-refractivity contribution in [2.75, 3.05) is 38.3 Å². The Morgan fingerprint density at radius 1 is 1.20 bits per heavy atom. The molecule has 0 atom stereocenters. The van der Waals surface area contributed by atoms with Crippen molar-refractivity contribution >= 4 is 17.1 Å². The molecular weight excluding hydrogens is 326 g/mol. The molecule has 9 heteroatoms. The van der Waals surface area contributed by atoms with Gasteiger partial charge in [-0.15, -0.1) is 0 Å². The van der Waals surface area contributed by atoms with Gasteiger partial charge in [-0.3, -0.25) is 0 Å². The van der Waals surface area contributed by atoms with Gasteiger partial charge >= 0.3 is 0 Å². The number of aromatic hydroxyl groups is 2. The molecule has 1 aliphatic heterocycles. The van der Waals surface area contributed by atoms with Gasteiger partial charge in [0.15, 0.2) is 17.1 Å². The van der Waals surface area contributed by atoms with Crippen LogP contribution in [0.15, 0.2) is 18.3 Å². The van der Waals surface area contributed by atoms with Crippen molar-refractivity contribution in [1.82, 2.24) is 19.9 Å². The van der Waals surface area contributed by atoms with Crippen LogP contribution >= 0.6 is 0 Å². The molecule has 0 radical (unpaired) electrons. The Bertz CT molecular complexity index is 920. The molecule has 1 aromatic carbocycles. The van der Waals surface area contributed by atoms with Crippen LogP contribution < -0.4 is 9.64 Å². The fourth-order valence-electron chi connectivity index (χ4n) is 2.74. The summed E-state index contributed by atoms with van der Waals surface area (Å²) >= 11 is 0. The zero-order chi connectivity index (χ0) is 17.4. The van der Waals surface area contributed by atoms with Gasteiger partial charge in [-0.25, -0.2) is 9.97 Å². The van der Waals surface area contributed by atoms with Crippen molar-refractivity contribution in [3.8, 4) is 28.6 Å². The van der Waals surface area contributed by atoms with E-state index < -0.39 is 0 Å². The summed E-state index contributed by atoms with van der Waals surface area (Å²) < 4.78 is 10.4. The summed E-state index contributed by atoms with van der Waals surface area (Å²) in [6.45, 7) is 2.79. The van der Waals surface area contributed by atoms with Gasteiger partial charge in [-0.1, -0.05) is 0 Å². The second-order valence-corrected chi connectivity index (χ2v) is 5.64. The zero-order valence-corrected chi connectivity index (χ0v) is 13.6. The number of hydrogen-bond acceptors (Lipinski definition) is 8. The highest BCUT2D eigenvalue weighted by Gasteiger charge is 2.17. The Morgan fingerprint density at radius 3 is 2.76 bits per heavy atom. The quantitative estimate of drug-likeness (QED) is 0.609. The highest BCUT2D eigenvalue weighted by Crippen LogP contribution is 2.39. The Balaban J connectivity index is 1.73. The molecule has 1 saturated heterocycles. The molecule has 3 N–H and O–H groups in total. The largest absolute Gasteiger partial charge is 0.504 e. The maximum absolute atomic E-state index is 9.84. The Hall–Kier alpha value is -3.07. The predicted molar refractivity (Wildman–Crippen MR) is 90.0 cm³/mol. The molecular formula is C16H17N5O4. The van der Waals surface area contributed by atoms with E-state index >= 15 is 0 Å². The molecule has 3 heterocycles. The number of anilines is 1. The minimum atomic E-state index is -0.309. The van der Waals surface area contributed by atoms with E-state index in [1.54, 1.807) is 12.3 Å². The number of ether oxygens (including phenoxy) is 2. The van der Waals surface area contributed by atoms with Crippen molar-refractivity contribution in [2.24, 2.45) is 0 Å². The van der Waals surface area contributed by atoms with Gasteiger partial charge in [0.2, 0.25) is 11.7 Å². The number of nitrogens with one attached hydrogen (secondary N) is 1. The second kappa shape index (κ2) is 6.10. The molecule has 1 aliphatic rings. The SMILES string of the molecule is COc1cc(-c2nc3nc(N4CCOCC4)ncc3[nH]2)cc(O)c1O. The molecule has 0 bridgehead atoms. The number of aromatic amines is 1. The van der Waals surface area contributed by atoms with Crippen LogP contribution in [0.2, 0.25) is 0 Å². The summed E-state index contributed by atoms with van der Waals surface area (Å²) in [7, 11) is 1.41. The van der Waals surface area contributed by atoms with Crippen molar-refractivity contribution in [2.45, 2.75) is 0 Å². The lowest BCUT2D eigenvalue weighted by molar-refractivity contribution is 0.122. The van der Waals surface area contributed by atoms with E-state index in [9.17, 15) is 10.2 Å². The highest BCUT2D eigenvalue weighted by atomic mass is 16.5. The molecule has 0 aliphatic carbocycles. The maximum atomic E-state index is 9.84. The molecule has 1 fully saturated rings. The average Bonchev–Trinajstić information content (AvgIpc) is 3.08. The number of methoxy groups -OCH3 is 1. The van der Waals surface area contributed by atoms with Crippen molar-refractivity contribution < 1.29 is 19.7 Å². The third-order valence-electron chi connectivity index (χ3n) is 4.07. The maximum Gasteiger partial charge on any atom is 0.227 e. The van der Waals surface area contributed by atoms with Crippen LogP contribution in [0.4, 0.5) is 5.95 Å². The van der Waals surface area contributed by atoms with E-state index in [0.29, 0.717) is 41.7 Å². The van der Waals surface area contributed by atoms with Gasteiger partial charge in [0, 0.05) is 18.7 Å². The first-order chi connectivity index (χ1) is 12.2. The zero-order valence-electron chi connectivity index (χ0n) is 13.6. The summed E-state index contributed by atoms with van der Waals surface area (Å²) in [5.74, 6) is 0.680. The van der Waals surface area contributed by atoms with Crippen LogP contribution in [0.25, 0.3) is 22.6 Å². The molecule has 3 aromatic rings. The number of H-pyrrole nitrogens is 1. The summed E-state index contributed by atoms with van der Waals surface area (Å²) in [6, 6.07) is 3.00. The standard InChI is InChI=1S/C16H17N5O4/c1-24-12-7-9(6-11(22)13(12)23)14-18-10-8-17-16(20-15(10)19-14)21-2-4-25-5-3-21/h6-8,22-23H,2-5H2,1H3,(H,17,18,19,20). The number of phenolic OH excluding ortho intramolecular Hbond substituents is 2. The Morgan fingerprint density at radius 2 is 2.00 bits per heavy atom. The van der Waals surface area contributed by atoms with Crippen LogP contribution in [-0.2, 0) is 4.74 Å². The number of nitrogens with zero attached hydrogens (tertiary/aromatic N) is 4. The topological polar surface area (TPSA) is 117 Å². The molecule has 9 nitrogen and oxygen atoms in total. The van der Waals surface area contributed by atoms with E-state index in [1.165, 1.54) is 13.2 Å². The molecule has 0 saturated carbocycles. The third kappa shape index (κ3) is 2.78. The summed E-state index contributed by atoms with van der Waals surface area (Å²) in [6.07, 6.45) is 1.68. The van der Waals surface area contributed by atoms with Gasteiger partial charge in [-0.05, 0) is 12.1 Å². The predicted octanol–water partition coefficient (Wildman–Crippen LogP) is 1.28. The summed E-state index contributed by atoms with van der Waals surface area (Å²) in [4.78, 5) is 18.5. The van der Waals surface area contributed by atoms with Gasteiger partial charge in [-0.2, -0.15) is 4.98 Å². The number of phenols is 2. The number of imidazole rings is 1. The molecule has 0 amide bonds. The Labute approximate surface area is 142 Å². The fourth-order valence-corrected chi connectivity index (χ4v) is 2.74. The number of rotatable bonds is 3. The van der Waals surface area contributed by atoms with Crippen molar-refractivity contribution in [3.63, 3.8) is 0 Å². The minimum Gasteiger partial charge on any atom is -0.504 e. The molecule has 0 spiro atoms. The first-order valence-corrected chi connectivity index (χ1v) is 7.81. The summed E-state index contributed by atoms with van der Waals surface area (Å²) in [5.41, 5.74) is 1.77. The van der Waals surface area contributed by atoms with Crippen LogP contribution in [0, 0.1) is 0 Å². The van der Waals surface area contributed by atoms with Crippen LogP contribution in [0.5, 0.6) is 17.2 Å². The van der Waals surface area contributed by atoms with Gasteiger partial charge in [0.25, 0.3) is 0 Å². The lowest BCUT2D eigenvalue weighted by Crippen LogP contribution is -2.37. The number of morpholine rings is 1. The molecule has 2 aromatic heterocycles. The van der Waals surface area contributed by atoms with Crippen LogP contribution in [0.3, 0.4) is 0 Å². The smallest absolute Gasteiger partial charge is 0.227 e. The van der Waals surface area contributed by atoms with E-state index in [0.717, 1.165) is 13.1 Å². The lowest BCUT2D eigenvalue weighted by atomic mass is 10.1. The lowest BCUT2D eigenvalue weighted by Gasteiger charge is -2.26. The first-order valence-electron chi connectivity index (χ1n) is 7.81. The third-order valence-corrected chi connectivity index (χ3v) is 4.07.